The molecule has 0 saturated carbocycles. The molecule has 1 atom stereocenters. The highest BCUT2D eigenvalue weighted by molar-refractivity contribution is 6.62. The molecular weight excluding hydrogens is 188 g/mol. The number of pyridine rings is 1. The van der Waals surface area contributed by atoms with Crippen molar-refractivity contribution in [1.82, 2.24) is 9.88 Å². The minimum atomic E-state index is -0.474. The third-order valence-electron chi connectivity index (χ3n) is 1.97. The van der Waals surface area contributed by atoms with Crippen LogP contribution in [0.25, 0.3) is 0 Å². The summed E-state index contributed by atoms with van der Waals surface area (Å²) in [5.74, 6) is 0. The molecule has 1 aromatic rings. The molecule has 70 valence electrons. The Bertz CT molecular complexity index is 289. The molecule has 0 fully saturated rings. The first kappa shape index (κ1) is 9.99. The first-order valence-electron chi connectivity index (χ1n) is 3.96. The zero-order chi connectivity index (χ0) is 9.84. The van der Waals surface area contributed by atoms with E-state index in [9.17, 15) is 4.79 Å². The molecule has 0 aliphatic heterocycles. The van der Waals surface area contributed by atoms with Gasteiger partial charge in [-0.15, -0.1) is 0 Å². The minimum Gasteiger partial charge on any atom is -0.324 e. The lowest BCUT2D eigenvalue weighted by molar-refractivity contribution is 0.217. The maximum Gasteiger partial charge on any atom is 0.316 e. The van der Waals surface area contributed by atoms with Crippen LogP contribution in [0.15, 0.2) is 24.4 Å². The largest absolute Gasteiger partial charge is 0.324 e. The number of carbonyl (C=O) groups excluding carboxylic acids is 1. The van der Waals surface area contributed by atoms with Crippen molar-refractivity contribution < 1.29 is 4.79 Å². The Hall–Kier alpha value is -1.09. The number of nitrogens with zero attached hydrogens (tertiary/aromatic N) is 2. The van der Waals surface area contributed by atoms with Crippen molar-refractivity contribution in [3.63, 3.8) is 0 Å². The van der Waals surface area contributed by atoms with E-state index in [1.807, 2.05) is 25.1 Å². The number of halogens is 1. The molecule has 0 N–H and O–H groups in total. The van der Waals surface area contributed by atoms with Crippen LogP contribution in [0, 0.1) is 0 Å². The number of aromatic nitrogens is 1. The number of rotatable bonds is 2. The van der Waals surface area contributed by atoms with E-state index in [0.717, 1.165) is 5.69 Å². The van der Waals surface area contributed by atoms with Crippen molar-refractivity contribution in [1.29, 1.82) is 0 Å². The predicted octanol–water partition coefficient (Wildman–Crippen LogP) is 2.43. The Morgan fingerprint density at radius 2 is 2.31 bits per heavy atom. The highest BCUT2D eigenvalue weighted by Crippen LogP contribution is 2.16. The molecule has 0 radical (unpaired) electrons. The summed E-state index contributed by atoms with van der Waals surface area (Å²) >= 11 is 5.33. The third kappa shape index (κ3) is 2.42. The van der Waals surface area contributed by atoms with Gasteiger partial charge in [-0.05, 0) is 30.7 Å². The summed E-state index contributed by atoms with van der Waals surface area (Å²) in [5.41, 5.74) is 0.832. The van der Waals surface area contributed by atoms with Crippen LogP contribution in [0.2, 0.25) is 0 Å². The SMILES string of the molecule is CC(c1ccccn1)N(C)C(=O)Cl. The van der Waals surface area contributed by atoms with Crippen LogP contribution in [-0.2, 0) is 0 Å². The third-order valence-corrected chi connectivity index (χ3v) is 2.24. The van der Waals surface area contributed by atoms with Crippen molar-refractivity contribution in [2.24, 2.45) is 0 Å². The van der Waals surface area contributed by atoms with E-state index in [-0.39, 0.29) is 6.04 Å². The molecule has 0 aromatic carbocycles. The molecular formula is C9H11ClN2O. The molecule has 4 heteroatoms. The van der Waals surface area contributed by atoms with Gasteiger partial charge < -0.3 is 4.90 Å². The highest BCUT2D eigenvalue weighted by Gasteiger charge is 2.15. The van der Waals surface area contributed by atoms with Crippen molar-refractivity contribution in [2.75, 3.05) is 7.05 Å². The summed E-state index contributed by atoms with van der Waals surface area (Å²) < 4.78 is 0. The fraction of sp³-hybridized carbons (Fsp3) is 0.333. The average molecular weight is 199 g/mol. The van der Waals surface area contributed by atoms with Gasteiger partial charge in [-0.3, -0.25) is 9.78 Å². The van der Waals surface area contributed by atoms with Crippen molar-refractivity contribution in [3.05, 3.63) is 30.1 Å². The first-order valence-corrected chi connectivity index (χ1v) is 4.34. The lowest BCUT2D eigenvalue weighted by Gasteiger charge is -2.21. The van der Waals surface area contributed by atoms with E-state index >= 15 is 0 Å². The van der Waals surface area contributed by atoms with E-state index in [4.69, 9.17) is 11.6 Å². The molecule has 0 bridgehead atoms. The number of hydrogen-bond acceptors (Lipinski definition) is 2. The van der Waals surface area contributed by atoms with E-state index in [2.05, 4.69) is 4.98 Å². The molecule has 0 aliphatic rings. The summed E-state index contributed by atoms with van der Waals surface area (Å²) in [4.78, 5) is 16.4. The van der Waals surface area contributed by atoms with Gasteiger partial charge >= 0.3 is 5.37 Å². The van der Waals surface area contributed by atoms with Gasteiger partial charge in [0.05, 0.1) is 11.7 Å². The Morgan fingerprint density at radius 3 is 2.77 bits per heavy atom. The monoisotopic (exact) mass is 198 g/mol. The zero-order valence-electron chi connectivity index (χ0n) is 7.57. The second-order valence-corrected chi connectivity index (χ2v) is 3.12. The van der Waals surface area contributed by atoms with Gasteiger partial charge in [0.15, 0.2) is 0 Å². The van der Waals surface area contributed by atoms with Gasteiger partial charge in [-0.2, -0.15) is 0 Å². The van der Waals surface area contributed by atoms with Crippen molar-refractivity contribution >= 4 is 17.0 Å². The molecule has 3 nitrogen and oxygen atoms in total. The number of carbonyl (C=O) groups is 1. The molecule has 1 aromatic heterocycles. The highest BCUT2D eigenvalue weighted by atomic mass is 35.5. The first-order chi connectivity index (χ1) is 6.13. The molecule has 1 amide bonds. The van der Waals surface area contributed by atoms with Crippen LogP contribution in [0.3, 0.4) is 0 Å². The summed E-state index contributed by atoms with van der Waals surface area (Å²) in [5, 5.41) is -0.474. The van der Waals surface area contributed by atoms with Crippen molar-refractivity contribution in [3.8, 4) is 0 Å². The second-order valence-electron chi connectivity index (χ2n) is 2.79. The van der Waals surface area contributed by atoms with Gasteiger partial charge in [0.1, 0.15) is 0 Å². The van der Waals surface area contributed by atoms with E-state index in [0.29, 0.717) is 0 Å². The smallest absolute Gasteiger partial charge is 0.316 e. The lowest BCUT2D eigenvalue weighted by atomic mass is 10.2. The zero-order valence-corrected chi connectivity index (χ0v) is 8.32. The summed E-state index contributed by atoms with van der Waals surface area (Å²) in [6, 6.07) is 5.48. The topological polar surface area (TPSA) is 33.2 Å². The Morgan fingerprint density at radius 1 is 1.62 bits per heavy atom. The quantitative estimate of drug-likeness (QED) is 0.540. The average Bonchev–Trinajstić information content (AvgIpc) is 2.17. The standard InChI is InChI=1S/C9H11ClN2O/c1-7(12(2)9(10)13)8-5-3-4-6-11-8/h3-7H,1-2H3. The van der Waals surface area contributed by atoms with Crippen LogP contribution < -0.4 is 0 Å². The number of amides is 1. The van der Waals surface area contributed by atoms with Crippen LogP contribution >= 0.6 is 11.6 Å². The fourth-order valence-electron chi connectivity index (χ4n) is 0.974. The Balaban J connectivity index is 2.79. The van der Waals surface area contributed by atoms with E-state index < -0.39 is 5.37 Å². The Labute approximate surface area is 82.3 Å². The summed E-state index contributed by atoms with van der Waals surface area (Å²) in [7, 11) is 1.65. The van der Waals surface area contributed by atoms with Crippen LogP contribution in [0.4, 0.5) is 4.79 Å². The second kappa shape index (κ2) is 4.23. The Kier molecular flexibility index (Phi) is 3.25. The van der Waals surface area contributed by atoms with Gasteiger partial charge in [0, 0.05) is 13.2 Å². The molecule has 0 spiro atoms. The number of hydrogen-bond donors (Lipinski definition) is 0. The molecule has 1 unspecified atom stereocenters. The molecule has 0 saturated heterocycles. The maximum atomic E-state index is 10.8. The lowest BCUT2D eigenvalue weighted by Crippen LogP contribution is -2.25. The van der Waals surface area contributed by atoms with E-state index in [1.54, 1.807) is 13.2 Å². The van der Waals surface area contributed by atoms with Gasteiger partial charge in [0.2, 0.25) is 0 Å². The van der Waals surface area contributed by atoms with Gasteiger partial charge in [0.25, 0.3) is 0 Å². The molecule has 13 heavy (non-hydrogen) atoms. The summed E-state index contributed by atoms with van der Waals surface area (Å²) in [6.45, 7) is 1.88. The molecule has 0 aliphatic carbocycles. The van der Waals surface area contributed by atoms with Crippen LogP contribution in [-0.4, -0.2) is 22.3 Å². The normalized spacial score (nSPS) is 12.2. The summed E-state index contributed by atoms with van der Waals surface area (Å²) in [6.07, 6.45) is 1.69. The predicted molar refractivity (Wildman–Crippen MR) is 51.7 cm³/mol. The minimum absolute atomic E-state index is 0.0915. The van der Waals surface area contributed by atoms with Gasteiger partial charge in [-0.25, -0.2) is 0 Å². The molecule has 1 rings (SSSR count). The van der Waals surface area contributed by atoms with Crippen molar-refractivity contribution in [2.45, 2.75) is 13.0 Å². The van der Waals surface area contributed by atoms with E-state index in [1.165, 1.54) is 4.90 Å². The molecule has 1 heterocycles. The fourth-order valence-corrected chi connectivity index (χ4v) is 1.12. The van der Waals surface area contributed by atoms with Gasteiger partial charge in [-0.1, -0.05) is 6.07 Å². The maximum absolute atomic E-state index is 10.8. The van der Waals surface area contributed by atoms with Crippen LogP contribution in [0.5, 0.6) is 0 Å². The van der Waals surface area contributed by atoms with Crippen LogP contribution in [0.1, 0.15) is 18.7 Å².